The Bertz CT molecular complexity index is 462. The average molecular weight is 194 g/mol. The summed E-state index contributed by atoms with van der Waals surface area (Å²) in [5.74, 6) is 0.0924. The van der Waals surface area contributed by atoms with Gasteiger partial charge in [0, 0.05) is 10.4 Å². The molecule has 0 aliphatic carbocycles. The van der Waals surface area contributed by atoms with Gasteiger partial charge in [0.15, 0.2) is 0 Å². The van der Waals surface area contributed by atoms with E-state index in [9.17, 15) is 5.11 Å². The first-order chi connectivity index (χ1) is 6.18. The SMILES string of the molecule is Nc1c(O)ccc2ccc(Cl)cc12. The lowest BCUT2D eigenvalue weighted by molar-refractivity contribution is 0.478. The van der Waals surface area contributed by atoms with Crippen LogP contribution in [0.4, 0.5) is 5.69 Å². The van der Waals surface area contributed by atoms with E-state index in [0.29, 0.717) is 10.7 Å². The number of rotatable bonds is 0. The molecule has 0 heterocycles. The lowest BCUT2D eigenvalue weighted by atomic mass is 10.1. The van der Waals surface area contributed by atoms with Gasteiger partial charge >= 0.3 is 0 Å². The maximum Gasteiger partial charge on any atom is 0.139 e. The molecule has 0 radical (unpaired) electrons. The van der Waals surface area contributed by atoms with Gasteiger partial charge in [-0.15, -0.1) is 0 Å². The summed E-state index contributed by atoms with van der Waals surface area (Å²) in [5.41, 5.74) is 6.05. The molecule has 0 fully saturated rings. The molecule has 3 heteroatoms. The first-order valence-electron chi connectivity index (χ1n) is 3.85. The quantitative estimate of drug-likeness (QED) is 0.499. The van der Waals surface area contributed by atoms with Crippen LogP contribution in [0.1, 0.15) is 0 Å². The molecule has 2 rings (SSSR count). The summed E-state index contributed by atoms with van der Waals surface area (Å²) in [7, 11) is 0. The van der Waals surface area contributed by atoms with Crippen molar-refractivity contribution in [1.29, 1.82) is 0 Å². The summed E-state index contributed by atoms with van der Waals surface area (Å²) in [6.45, 7) is 0. The smallest absolute Gasteiger partial charge is 0.139 e. The van der Waals surface area contributed by atoms with Crippen molar-refractivity contribution in [1.82, 2.24) is 0 Å². The largest absolute Gasteiger partial charge is 0.506 e. The highest BCUT2D eigenvalue weighted by Gasteiger charge is 2.02. The van der Waals surface area contributed by atoms with Gasteiger partial charge in [0.2, 0.25) is 0 Å². The Kier molecular flexibility index (Phi) is 1.78. The third-order valence-electron chi connectivity index (χ3n) is 2.00. The Morgan fingerprint density at radius 1 is 1.15 bits per heavy atom. The summed E-state index contributed by atoms with van der Waals surface area (Å²) < 4.78 is 0. The number of phenolic OH excluding ortho intramolecular Hbond substituents is 1. The van der Waals surface area contributed by atoms with Crippen molar-refractivity contribution < 1.29 is 5.11 Å². The van der Waals surface area contributed by atoms with E-state index in [1.165, 1.54) is 0 Å². The lowest BCUT2D eigenvalue weighted by Gasteiger charge is -2.04. The zero-order chi connectivity index (χ0) is 9.42. The van der Waals surface area contributed by atoms with E-state index in [4.69, 9.17) is 17.3 Å². The van der Waals surface area contributed by atoms with Crippen molar-refractivity contribution in [3.8, 4) is 5.75 Å². The molecule has 0 spiro atoms. The van der Waals surface area contributed by atoms with Gasteiger partial charge in [-0.2, -0.15) is 0 Å². The van der Waals surface area contributed by atoms with Crippen molar-refractivity contribution in [2.24, 2.45) is 0 Å². The third-order valence-corrected chi connectivity index (χ3v) is 2.24. The van der Waals surface area contributed by atoms with Gasteiger partial charge in [-0.1, -0.05) is 23.7 Å². The van der Waals surface area contributed by atoms with Gasteiger partial charge in [-0.25, -0.2) is 0 Å². The Hall–Kier alpha value is -1.41. The minimum atomic E-state index is 0.0924. The van der Waals surface area contributed by atoms with Crippen LogP contribution in [-0.4, -0.2) is 5.11 Å². The van der Waals surface area contributed by atoms with E-state index in [-0.39, 0.29) is 5.75 Å². The van der Waals surface area contributed by atoms with Crippen LogP contribution in [0, 0.1) is 0 Å². The maximum atomic E-state index is 9.34. The van der Waals surface area contributed by atoms with Gasteiger partial charge < -0.3 is 10.8 Å². The number of nitrogen functional groups attached to an aromatic ring is 1. The summed E-state index contributed by atoms with van der Waals surface area (Å²) in [5, 5.41) is 11.7. The maximum absolute atomic E-state index is 9.34. The fraction of sp³-hybridized carbons (Fsp3) is 0. The van der Waals surface area contributed by atoms with Gasteiger partial charge in [-0.3, -0.25) is 0 Å². The van der Waals surface area contributed by atoms with Crippen LogP contribution in [0.25, 0.3) is 10.8 Å². The number of phenols is 1. The first kappa shape index (κ1) is 8.20. The first-order valence-corrected chi connectivity index (χ1v) is 4.23. The fourth-order valence-electron chi connectivity index (χ4n) is 1.30. The van der Waals surface area contributed by atoms with Crippen LogP contribution in [-0.2, 0) is 0 Å². The Morgan fingerprint density at radius 2 is 1.85 bits per heavy atom. The number of aromatic hydroxyl groups is 1. The van der Waals surface area contributed by atoms with Gasteiger partial charge in [-0.05, 0) is 23.6 Å². The zero-order valence-corrected chi connectivity index (χ0v) is 7.55. The number of hydrogen-bond donors (Lipinski definition) is 2. The lowest BCUT2D eigenvalue weighted by Crippen LogP contribution is -1.87. The Morgan fingerprint density at radius 3 is 2.62 bits per heavy atom. The van der Waals surface area contributed by atoms with Gasteiger partial charge in [0.25, 0.3) is 0 Å². The highest BCUT2D eigenvalue weighted by atomic mass is 35.5. The normalized spacial score (nSPS) is 10.5. The fourth-order valence-corrected chi connectivity index (χ4v) is 1.48. The highest BCUT2D eigenvalue weighted by Crippen LogP contribution is 2.30. The standard InChI is InChI=1S/C10H8ClNO/c11-7-3-1-6-2-4-9(13)10(12)8(6)5-7/h1-5,13H,12H2. The number of halogens is 1. The average Bonchev–Trinajstić information content (AvgIpc) is 2.12. The van der Waals surface area contributed by atoms with Crippen LogP contribution in [0.5, 0.6) is 5.75 Å². The van der Waals surface area contributed by atoms with Crippen LogP contribution in [0.3, 0.4) is 0 Å². The number of anilines is 1. The van der Waals surface area contributed by atoms with Gasteiger partial charge in [0.05, 0.1) is 5.69 Å². The molecular weight excluding hydrogens is 186 g/mol. The minimum absolute atomic E-state index is 0.0924. The predicted molar refractivity (Wildman–Crippen MR) is 55.0 cm³/mol. The molecular formula is C10H8ClNO. The molecule has 0 bridgehead atoms. The highest BCUT2D eigenvalue weighted by molar-refractivity contribution is 6.31. The van der Waals surface area contributed by atoms with Crippen LogP contribution >= 0.6 is 11.6 Å². The molecule has 2 aromatic rings. The van der Waals surface area contributed by atoms with Crippen molar-refractivity contribution in [2.75, 3.05) is 5.73 Å². The van der Waals surface area contributed by atoms with Crippen LogP contribution in [0.2, 0.25) is 5.02 Å². The van der Waals surface area contributed by atoms with Crippen molar-refractivity contribution in [3.05, 3.63) is 35.4 Å². The Labute approximate surface area is 80.6 Å². The molecule has 2 nitrogen and oxygen atoms in total. The summed E-state index contributed by atoms with van der Waals surface area (Å²) in [6.07, 6.45) is 0. The van der Waals surface area contributed by atoms with E-state index < -0.39 is 0 Å². The zero-order valence-electron chi connectivity index (χ0n) is 6.79. The third kappa shape index (κ3) is 1.29. The van der Waals surface area contributed by atoms with Crippen molar-refractivity contribution in [2.45, 2.75) is 0 Å². The van der Waals surface area contributed by atoms with Crippen molar-refractivity contribution >= 4 is 28.1 Å². The molecule has 3 N–H and O–H groups in total. The molecule has 0 aliphatic rings. The van der Waals surface area contributed by atoms with Crippen molar-refractivity contribution in [3.63, 3.8) is 0 Å². The number of hydrogen-bond acceptors (Lipinski definition) is 2. The van der Waals surface area contributed by atoms with E-state index in [1.807, 2.05) is 6.07 Å². The second-order valence-corrected chi connectivity index (χ2v) is 3.30. The second kappa shape index (κ2) is 2.82. The molecule has 0 aliphatic heterocycles. The Balaban J connectivity index is 2.89. The molecule has 0 atom stereocenters. The minimum Gasteiger partial charge on any atom is -0.506 e. The van der Waals surface area contributed by atoms with Crippen LogP contribution in [0.15, 0.2) is 30.3 Å². The number of fused-ring (bicyclic) bond motifs is 1. The van der Waals surface area contributed by atoms with E-state index >= 15 is 0 Å². The number of benzene rings is 2. The van der Waals surface area contributed by atoms with E-state index in [2.05, 4.69) is 0 Å². The molecule has 0 unspecified atom stereocenters. The monoisotopic (exact) mass is 193 g/mol. The molecule has 0 aromatic heterocycles. The molecule has 0 saturated carbocycles. The van der Waals surface area contributed by atoms with Gasteiger partial charge in [0.1, 0.15) is 5.75 Å². The molecule has 13 heavy (non-hydrogen) atoms. The summed E-state index contributed by atoms with van der Waals surface area (Å²) in [4.78, 5) is 0. The predicted octanol–water partition coefficient (Wildman–Crippen LogP) is 2.78. The molecule has 0 amide bonds. The summed E-state index contributed by atoms with van der Waals surface area (Å²) >= 11 is 5.81. The summed E-state index contributed by atoms with van der Waals surface area (Å²) in [6, 6.07) is 8.78. The van der Waals surface area contributed by atoms with E-state index in [0.717, 1.165) is 10.8 Å². The second-order valence-electron chi connectivity index (χ2n) is 2.86. The van der Waals surface area contributed by atoms with E-state index in [1.54, 1.807) is 24.3 Å². The molecule has 0 saturated heterocycles. The van der Waals surface area contributed by atoms with Crippen LogP contribution < -0.4 is 5.73 Å². The number of nitrogens with two attached hydrogens (primary N) is 1. The molecule has 66 valence electrons. The topological polar surface area (TPSA) is 46.2 Å². The molecule has 2 aromatic carbocycles.